The lowest BCUT2D eigenvalue weighted by Crippen LogP contribution is -2.37. The molecule has 10 aromatic carbocycles. The highest BCUT2D eigenvalue weighted by Crippen LogP contribution is 2.34. The number of amides is 2. The molecule has 2 N–H and O–H groups in total. The molecule has 0 spiro atoms. The van der Waals surface area contributed by atoms with Gasteiger partial charge in [-0.3, -0.25) is 24.5 Å². The van der Waals surface area contributed by atoms with Crippen molar-refractivity contribution in [2.75, 3.05) is 13.2 Å². The molecule has 19 nitrogen and oxygen atoms in total. The normalized spacial score (nSPS) is 10.4. The zero-order chi connectivity index (χ0) is 77.5. The number of nitrogens with one attached hydrogen (secondary N) is 1. The number of phenols is 1. The van der Waals surface area contributed by atoms with Crippen LogP contribution in [-0.4, -0.2) is 42.1 Å². The van der Waals surface area contributed by atoms with Crippen LogP contribution in [0.15, 0.2) is 212 Å². The fourth-order valence-corrected chi connectivity index (χ4v) is 8.65. The third-order valence-electron chi connectivity index (χ3n) is 13.2. The number of carbonyl (C=O) groups is 4. The molecule has 27 heteroatoms. The summed E-state index contributed by atoms with van der Waals surface area (Å²) >= 11 is 0. The Morgan fingerprint density at radius 1 is 0.453 bits per heavy atom. The molecule has 1 atom stereocenters. The van der Waals surface area contributed by atoms with Crippen LogP contribution in [0.25, 0.3) is 0 Å². The number of aromatic hydroxyl groups is 1. The summed E-state index contributed by atoms with van der Waals surface area (Å²) < 4.78 is 134. The minimum atomic E-state index is -1.24. The van der Waals surface area contributed by atoms with Gasteiger partial charge >= 0.3 is 11.9 Å². The van der Waals surface area contributed by atoms with Gasteiger partial charge in [-0.05, 0) is 128 Å². The first-order valence-electron chi connectivity index (χ1n) is 30.7. The quantitative estimate of drug-likeness (QED) is 0.0580. The summed E-state index contributed by atoms with van der Waals surface area (Å²) in [6.45, 7) is 3.80. The molecule has 0 aromatic heterocycles. The van der Waals surface area contributed by atoms with E-state index in [4.69, 9.17) is 55.1 Å². The Labute approximate surface area is 601 Å². The van der Waals surface area contributed by atoms with E-state index >= 15 is 0 Å². The zero-order valence-electron chi connectivity index (χ0n) is 55.5. The second kappa shape index (κ2) is 43.0. The van der Waals surface area contributed by atoms with Crippen LogP contribution in [-0.2, 0) is 36.7 Å². The first kappa shape index (κ1) is 81.8. The first-order valence-corrected chi connectivity index (χ1v) is 30.7. The third-order valence-corrected chi connectivity index (χ3v) is 13.2. The molecule has 0 radical (unpaired) electrons. The van der Waals surface area contributed by atoms with Crippen LogP contribution < -0.4 is 24.3 Å². The highest BCUT2D eigenvalue weighted by Gasteiger charge is 2.28. The SMILES string of the molecule is CCOC(=O)C(C#N)c1cccc(Oc2cccc(F)c2)c1C#N.CCOC(=O)CC#N.N#CCc1cccc(Oc2cccc(F)c2)c1C#N.N#Cc1c(F)cccc1F.N#Cc1c(F)cccc1Oc1cccc(F)c1.O=C1Cc2cccc(Oc3cccc(F)c3)c2C(=O)N1.Oc1cccc(F)c1. The molecule has 0 saturated carbocycles. The molecule has 1 aliphatic heterocycles. The number of imide groups is 1. The summed E-state index contributed by atoms with van der Waals surface area (Å²) in [4.78, 5) is 45.3. The van der Waals surface area contributed by atoms with E-state index in [1.54, 1.807) is 80.6 Å². The number of nitriles is 7. The third kappa shape index (κ3) is 26.0. The lowest BCUT2D eigenvalue weighted by atomic mass is 9.95. The van der Waals surface area contributed by atoms with Crippen molar-refractivity contribution >= 4 is 23.8 Å². The number of benzene rings is 10. The molecule has 0 saturated heterocycles. The Bertz CT molecular complexity index is 5040. The van der Waals surface area contributed by atoms with Gasteiger partial charge in [-0.15, -0.1) is 0 Å². The number of hydrogen-bond acceptors (Lipinski definition) is 18. The molecule has 532 valence electrons. The van der Waals surface area contributed by atoms with E-state index in [0.717, 1.165) is 30.3 Å². The van der Waals surface area contributed by atoms with Crippen molar-refractivity contribution in [3.63, 3.8) is 0 Å². The molecule has 1 unspecified atom stereocenters. The van der Waals surface area contributed by atoms with Gasteiger partial charge in [-0.25, -0.2) is 35.1 Å². The van der Waals surface area contributed by atoms with Gasteiger partial charge in [0.2, 0.25) is 5.91 Å². The number of ether oxygens (including phenoxy) is 6. The number of fused-ring (bicyclic) bond motifs is 1. The average Bonchev–Trinajstić information content (AvgIpc) is 0.801. The number of esters is 2. The Hall–Kier alpha value is -14.9. The predicted octanol–water partition coefficient (Wildman–Crippen LogP) is 17.1. The molecule has 1 aliphatic rings. The van der Waals surface area contributed by atoms with Crippen LogP contribution in [0.1, 0.15) is 75.5 Å². The predicted molar refractivity (Wildman–Crippen MR) is 362 cm³/mol. The van der Waals surface area contributed by atoms with E-state index in [9.17, 15) is 64.8 Å². The van der Waals surface area contributed by atoms with Gasteiger partial charge in [0.25, 0.3) is 5.91 Å². The fourth-order valence-electron chi connectivity index (χ4n) is 8.65. The van der Waals surface area contributed by atoms with E-state index in [2.05, 4.69) is 10.1 Å². The molecular formula is C79H54F8N8O11. The van der Waals surface area contributed by atoms with Gasteiger partial charge in [0.15, 0.2) is 5.92 Å². The average molecular weight is 1440 g/mol. The van der Waals surface area contributed by atoms with Crippen molar-refractivity contribution < 1.29 is 87.8 Å². The molecule has 2 amide bonds. The Kier molecular flexibility index (Phi) is 33.2. The van der Waals surface area contributed by atoms with Gasteiger partial charge in [-0.1, -0.05) is 78.9 Å². The number of nitrogens with zero attached hydrogens (tertiary/aromatic N) is 7. The van der Waals surface area contributed by atoms with Crippen molar-refractivity contribution in [1.82, 2.24) is 5.32 Å². The molecule has 1 heterocycles. The maximum Gasteiger partial charge on any atom is 0.327 e. The van der Waals surface area contributed by atoms with Crippen molar-refractivity contribution in [2.45, 2.75) is 39.0 Å². The monoisotopic (exact) mass is 1440 g/mol. The van der Waals surface area contributed by atoms with Crippen LogP contribution in [0.3, 0.4) is 0 Å². The van der Waals surface area contributed by atoms with E-state index < -0.39 is 75.9 Å². The van der Waals surface area contributed by atoms with Gasteiger partial charge in [0, 0.05) is 35.9 Å². The zero-order valence-corrected chi connectivity index (χ0v) is 55.5. The van der Waals surface area contributed by atoms with Crippen molar-refractivity contribution in [1.29, 1.82) is 36.8 Å². The van der Waals surface area contributed by atoms with Gasteiger partial charge in [-0.2, -0.15) is 36.8 Å². The Morgan fingerprint density at radius 2 is 0.849 bits per heavy atom. The minimum absolute atomic E-state index is 0.0290. The highest BCUT2D eigenvalue weighted by molar-refractivity contribution is 6.11. The van der Waals surface area contributed by atoms with Crippen LogP contribution >= 0.6 is 0 Å². The van der Waals surface area contributed by atoms with E-state index in [0.29, 0.717) is 51.9 Å². The van der Waals surface area contributed by atoms with Crippen LogP contribution in [0, 0.1) is 126 Å². The maximum atomic E-state index is 13.3. The Balaban J connectivity index is 0.000000229. The molecule has 0 fully saturated rings. The molecule has 0 aliphatic carbocycles. The second-order valence-electron chi connectivity index (χ2n) is 20.5. The van der Waals surface area contributed by atoms with E-state index in [1.807, 2.05) is 24.3 Å². The van der Waals surface area contributed by atoms with Crippen molar-refractivity contribution in [3.8, 4) is 94.2 Å². The summed E-state index contributed by atoms with van der Waals surface area (Å²) in [6, 6.07) is 61.8. The standard InChI is InChI=1S/C18H13FN2O3.C15H9FN2O.C15H10FNO3.C13H7F2NO.C7H3F2N.C6H5FO.C5H7NO2/c1-2-23-18(22)16(11-21)14-7-4-8-17(15(14)10-20)24-13-6-3-5-12(19)9-13;16-12-4-2-5-13(9-12)19-15-6-1-3-11(7-8-17)14(15)10-18;16-10-4-2-5-11(8-10)20-12-6-1-3-9-7-13(18)17-15(19)14(9)12;14-9-3-1-4-10(7-9)17-13-6-2-5-12(15)11(13)8-16;8-6-2-1-3-7(9)5(6)4-10;7-5-2-1-3-6(8)4-5;1-2-8-5(7)3-4-6/h3-9,16H,2H2,1H3;1-6,9H,7H2;1-6,8H,7H2,(H,17,18,19);1-7H;1-3H;1-4,8H;2-3H2,1H3. The summed E-state index contributed by atoms with van der Waals surface area (Å²) in [5, 5.41) is 72.2. The molecule has 106 heavy (non-hydrogen) atoms. The fraction of sp³-hybridized carbons (Fsp3) is 0.101. The second-order valence-corrected chi connectivity index (χ2v) is 20.5. The summed E-state index contributed by atoms with van der Waals surface area (Å²) in [6.07, 6.45) is 0.110. The van der Waals surface area contributed by atoms with Gasteiger partial charge < -0.3 is 33.5 Å². The highest BCUT2D eigenvalue weighted by atomic mass is 19.2. The number of halogens is 8. The first-order chi connectivity index (χ1) is 51.0. The lowest BCUT2D eigenvalue weighted by Gasteiger charge is -2.18. The van der Waals surface area contributed by atoms with E-state index in [1.165, 1.54) is 133 Å². The summed E-state index contributed by atoms with van der Waals surface area (Å²) in [7, 11) is 0. The molecule has 10 aromatic rings. The maximum absolute atomic E-state index is 13.3. The molecular weight excluding hydrogens is 1390 g/mol. The number of rotatable bonds is 14. The summed E-state index contributed by atoms with van der Waals surface area (Å²) in [5.41, 5.74) is 1.31. The molecule has 11 rings (SSSR count). The minimum Gasteiger partial charge on any atom is -0.508 e. The lowest BCUT2D eigenvalue weighted by molar-refractivity contribution is -0.143. The van der Waals surface area contributed by atoms with Gasteiger partial charge in [0.05, 0.1) is 61.0 Å². The van der Waals surface area contributed by atoms with Crippen LogP contribution in [0.2, 0.25) is 0 Å². The smallest absolute Gasteiger partial charge is 0.327 e. The van der Waals surface area contributed by atoms with Crippen LogP contribution in [0.5, 0.6) is 51.7 Å². The number of phenolic OH excluding ortho intramolecular Hbond substituents is 1. The van der Waals surface area contributed by atoms with E-state index in [-0.39, 0.29) is 77.2 Å². The molecule has 0 bridgehead atoms. The topological polar surface area (TPSA) is 322 Å². The van der Waals surface area contributed by atoms with Crippen LogP contribution in [0.4, 0.5) is 35.1 Å². The van der Waals surface area contributed by atoms with Crippen molar-refractivity contribution in [3.05, 3.63) is 303 Å². The van der Waals surface area contributed by atoms with Gasteiger partial charge in [0.1, 0.15) is 140 Å². The summed E-state index contributed by atoms with van der Waals surface area (Å²) in [5.74, 6) is -5.95. The van der Waals surface area contributed by atoms with Crippen molar-refractivity contribution in [2.24, 2.45) is 0 Å². The largest absolute Gasteiger partial charge is 0.508 e. The number of carbonyl (C=O) groups excluding carboxylic acids is 4. The number of hydrogen-bond donors (Lipinski definition) is 2. The Morgan fingerprint density at radius 3 is 1.26 bits per heavy atom.